The van der Waals surface area contributed by atoms with Crippen molar-refractivity contribution in [2.45, 2.75) is 23.7 Å². The minimum Gasteiger partial charge on any atom is -0.0933 e. The third kappa shape index (κ3) is 1.70. The van der Waals surface area contributed by atoms with Crippen molar-refractivity contribution in [3.8, 4) is 11.1 Å². The van der Waals surface area contributed by atoms with E-state index in [-0.39, 0.29) is 5.41 Å². The fourth-order valence-electron chi connectivity index (χ4n) is 3.12. The average molecular weight is 276 g/mol. The first-order valence-electron chi connectivity index (χ1n) is 7.02. The van der Waals surface area contributed by atoms with Crippen molar-refractivity contribution in [1.82, 2.24) is 0 Å². The molecule has 1 aliphatic carbocycles. The molecular formula is C19H16S. The maximum Gasteiger partial charge on any atom is 0.0283 e. The van der Waals surface area contributed by atoms with E-state index in [9.17, 15) is 0 Å². The standard InChI is InChI=1S/C19H16S/c1-19-12-6-5-9-18(19)20-17-13-15(10-11-16(17)19)14-7-3-2-4-8-14/h2-11,13H,12H2,1H3. The van der Waals surface area contributed by atoms with Crippen molar-refractivity contribution in [3.05, 3.63) is 77.2 Å². The molecule has 1 unspecified atom stereocenters. The highest BCUT2D eigenvalue weighted by Crippen LogP contribution is 2.55. The van der Waals surface area contributed by atoms with Crippen molar-refractivity contribution in [1.29, 1.82) is 0 Å². The van der Waals surface area contributed by atoms with Gasteiger partial charge in [-0.15, -0.1) is 0 Å². The third-order valence-electron chi connectivity index (χ3n) is 4.36. The zero-order valence-corrected chi connectivity index (χ0v) is 12.3. The lowest BCUT2D eigenvalue weighted by atomic mass is 9.77. The first-order chi connectivity index (χ1) is 9.77. The van der Waals surface area contributed by atoms with Gasteiger partial charge in [-0.25, -0.2) is 0 Å². The number of hydrogen-bond donors (Lipinski definition) is 0. The summed E-state index contributed by atoms with van der Waals surface area (Å²) in [5, 5.41) is 0. The lowest BCUT2D eigenvalue weighted by molar-refractivity contribution is 0.589. The van der Waals surface area contributed by atoms with Crippen molar-refractivity contribution in [3.63, 3.8) is 0 Å². The number of allylic oxidation sites excluding steroid dienone is 4. The molecule has 0 N–H and O–H groups in total. The Morgan fingerprint density at radius 1 is 1.00 bits per heavy atom. The van der Waals surface area contributed by atoms with Crippen LogP contribution >= 0.6 is 11.8 Å². The molecule has 0 saturated heterocycles. The Morgan fingerprint density at radius 2 is 1.85 bits per heavy atom. The average Bonchev–Trinajstić information content (AvgIpc) is 2.80. The molecule has 0 spiro atoms. The minimum absolute atomic E-state index is 0.198. The summed E-state index contributed by atoms with van der Waals surface area (Å²) in [5.74, 6) is 0. The molecule has 0 saturated carbocycles. The van der Waals surface area contributed by atoms with Crippen LogP contribution in [-0.2, 0) is 5.41 Å². The van der Waals surface area contributed by atoms with Crippen LogP contribution in [0.4, 0.5) is 0 Å². The van der Waals surface area contributed by atoms with E-state index >= 15 is 0 Å². The molecule has 2 aliphatic rings. The molecule has 2 aromatic carbocycles. The Hall–Kier alpha value is -1.73. The lowest BCUT2D eigenvalue weighted by Gasteiger charge is -2.27. The number of hydrogen-bond acceptors (Lipinski definition) is 1. The van der Waals surface area contributed by atoms with Crippen LogP contribution in [0.25, 0.3) is 11.1 Å². The van der Waals surface area contributed by atoms with Gasteiger partial charge in [0.25, 0.3) is 0 Å². The van der Waals surface area contributed by atoms with E-state index in [4.69, 9.17) is 0 Å². The third-order valence-corrected chi connectivity index (χ3v) is 5.72. The van der Waals surface area contributed by atoms with Gasteiger partial charge >= 0.3 is 0 Å². The second-order valence-corrected chi connectivity index (χ2v) is 6.76. The SMILES string of the molecule is CC12CC=CC=C1Sc1cc(-c3ccccc3)ccc12. The molecule has 2 aromatic rings. The molecule has 0 fully saturated rings. The largest absolute Gasteiger partial charge is 0.0933 e. The molecule has 98 valence electrons. The van der Waals surface area contributed by atoms with Crippen molar-refractivity contribution < 1.29 is 0 Å². The van der Waals surface area contributed by atoms with Gasteiger partial charge in [0.05, 0.1) is 0 Å². The van der Waals surface area contributed by atoms with Crippen LogP contribution in [0.15, 0.2) is 76.6 Å². The minimum atomic E-state index is 0.198. The highest BCUT2D eigenvalue weighted by atomic mass is 32.2. The Balaban J connectivity index is 1.82. The van der Waals surface area contributed by atoms with Crippen molar-refractivity contribution >= 4 is 11.8 Å². The van der Waals surface area contributed by atoms with Crippen molar-refractivity contribution in [2.24, 2.45) is 0 Å². The maximum absolute atomic E-state index is 2.36. The number of rotatable bonds is 1. The fourth-order valence-corrected chi connectivity index (χ4v) is 4.52. The van der Waals surface area contributed by atoms with E-state index in [0.29, 0.717) is 0 Å². The van der Waals surface area contributed by atoms with Gasteiger partial charge in [0.1, 0.15) is 0 Å². The molecule has 0 bridgehead atoms. The summed E-state index contributed by atoms with van der Waals surface area (Å²) >= 11 is 1.94. The summed E-state index contributed by atoms with van der Waals surface area (Å²) in [6, 6.07) is 17.6. The molecular weight excluding hydrogens is 260 g/mol. The Labute approximate surface area is 124 Å². The van der Waals surface area contributed by atoms with Crippen LogP contribution < -0.4 is 0 Å². The van der Waals surface area contributed by atoms with E-state index in [1.165, 1.54) is 26.5 Å². The van der Waals surface area contributed by atoms with Gasteiger partial charge < -0.3 is 0 Å². The number of benzene rings is 2. The van der Waals surface area contributed by atoms with Crippen LogP contribution in [0.2, 0.25) is 0 Å². The zero-order valence-electron chi connectivity index (χ0n) is 11.5. The Morgan fingerprint density at radius 3 is 2.70 bits per heavy atom. The predicted molar refractivity (Wildman–Crippen MR) is 86.9 cm³/mol. The molecule has 4 rings (SSSR count). The van der Waals surface area contributed by atoms with Gasteiger partial charge in [0.15, 0.2) is 0 Å². The molecule has 20 heavy (non-hydrogen) atoms. The highest BCUT2D eigenvalue weighted by molar-refractivity contribution is 8.03. The van der Waals surface area contributed by atoms with E-state index in [1.54, 1.807) is 0 Å². The molecule has 1 heteroatoms. The van der Waals surface area contributed by atoms with Gasteiger partial charge in [-0.05, 0) is 29.2 Å². The van der Waals surface area contributed by atoms with Gasteiger partial charge in [-0.3, -0.25) is 0 Å². The molecule has 1 aliphatic heterocycles. The topological polar surface area (TPSA) is 0 Å². The molecule has 1 heterocycles. The number of thioether (sulfide) groups is 1. The summed E-state index contributed by atoms with van der Waals surface area (Å²) in [4.78, 5) is 2.91. The smallest absolute Gasteiger partial charge is 0.0283 e. The van der Waals surface area contributed by atoms with Crippen LogP contribution in [0.3, 0.4) is 0 Å². The highest BCUT2D eigenvalue weighted by Gasteiger charge is 2.39. The van der Waals surface area contributed by atoms with E-state index in [1.807, 2.05) is 11.8 Å². The summed E-state index contributed by atoms with van der Waals surface area (Å²) in [6.45, 7) is 2.36. The summed E-state index contributed by atoms with van der Waals surface area (Å²) in [6.07, 6.45) is 7.86. The second-order valence-electron chi connectivity index (χ2n) is 5.67. The Kier molecular flexibility index (Phi) is 2.64. The summed E-state index contributed by atoms with van der Waals surface area (Å²) in [5.41, 5.74) is 4.29. The van der Waals surface area contributed by atoms with E-state index in [0.717, 1.165) is 6.42 Å². The van der Waals surface area contributed by atoms with Gasteiger partial charge in [-0.1, -0.05) is 79.4 Å². The van der Waals surface area contributed by atoms with Gasteiger partial charge in [-0.2, -0.15) is 0 Å². The van der Waals surface area contributed by atoms with E-state index < -0.39 is 0 Å². The van der Waals surface area contributed by atoms with Crippen LogP contribution in [0.5, 0.6) is 0 Å². The monoisotopic (exact) mass is 276 g/mol. The molecule has 0 nitrogen and oxygen atoms in total. The van der Waals surface area contributed by atoms with Gasteiger partial charge in [0, 0.05) is 15.2 Å². The van der Waals surface area contributed by atoms with Crippen molar-refractivity contribution in [2.75, 3.05) is 0 Å². The summed E-state index contributed by atoms with van der Waals surface area (Å²) in [7, 11) is 0. The predicted octanol–water partition coefficient (Wildman–Crippen LogP) is 5.56. The zero-order chi connectivity index (χ0) is 13.6. The van der Waals surface area contributed by atoms with Crippen LogP contribution in [0.1, 0.15) is 18.9 Å². The Bertz CT molecular complexity index is 725. The number of fused-ring (bicyclic) bond motifs is 3. The quantitative estimate of drug-likeness (QED) is 0.657. The molecule has 0 aromatic heterocycles. The van der Waals surface area contributed by atoms with Crippen LogP contribution in [0, 0.1) is 0 Å². The first-order valence-corrected chi connectivity index (χ1v) is 7.84. The summed E-state index contributed by atoms with van der Waals surface area (Å²) < 4.78 is 0. The maximum atomic E-state index is 2.36. The van der Waals surface area contributed by atoms with E-state index in [2.05, 4.69) is 73.7 Å². The normalized spacial score (nSPS) is 23.1. The molecule has 0 radical (unpaired) electrons. The van der Waals surface area contributed by atoms with Gasteiger partial charge in [0.2, 0.25) is 0 Å². The first kappa shape index (κ1) is 12.0. The fraction of sp³-hybridized carbons (Fsp3) is 0.158. The van der Waals surface area contributed by atoms with Crippen LogP contribution in [-0.4, -0.2) is 0 Å². The second kappa shape index (κ2) is 4.39. The molecule has 0 amide bonds. The molecule has 1 atom stereocenters. The lowest BCUT2D eigenvalue weighted by Crippen LogP contribution is -2.20.